The standard InChI is InChI=1S/C8H10ClN2O5/c9-2-1-5-3-6(10(13)14)8(12)7(4-5)11(15)16/h3-4,12-15H,1-2H2/q-1/p-1. The smallest absolute Gasteiger partial charge is 0.0888 e. The molecule has 1 rings (SSSR count). The maximum atomic E-state index is 11.4. The molecule has 0 spiro atoms. The third kappa shape index (κ3) is 2.65. The molecule has 0 saturated heterocycles. The van der Waals surface area contributed by atoms with Gasteiger partial charge in [0.1, 0.15) is 0 Å². The first-order valence-electron chi connectivity index (χ1n) is 4.21. The second kappa shape index (κ2) is 5.19. The highest BCUT2D eigenvalue weighted by Crippen LogP contribution is 2.34. The lowest BCUT2D eigenvalue weighted by Crippen LogP contribution is -2.18. The Morgan fingerprint density at radius 2 is 1.75 bits per heavy atom. The number of halogens is 1. The molecule has 0 heterocycles. The largest absolute Gasteiger partial charge is 0.870 e. The van der Waals surface area contributed by atoms with E-state index in [2.05, 4.69) is 0 Å². The van der Waals surface area contributed by atoms with Crippen LogP contribution < -0.4 is 15.6 Å². The molecule has 0 fully saturated rings. The van der Waals surface area contributed by atoms with Gasteiger partial charge in [-0.25, -0.2) is 0 Å². The van der Waals surface area contributed by atoms with Crippen LogP contribution in [0.1, 0.15) is 5.56 Å². The molecule has 0 aliphatic carbocycles. The summed E-state index contributed by atoms with van der Waals surface area (Å²) in [5.41, 5.74) is -0.721. The summed E-state index contributed by atoms with van der Waals surface area (Å²) in [5.74, 6) is -0.779. The van der Waals surface area contributed by atoms with Gasteiger partial charge < -0.3 is 15.5 Å². The second-order valence-corrected chi connectivity index (χ2v) is 3.34. The van der Waals surface area contributed by atoms with Crippen LogP contribution in [0.15, 0.2) is 12.1 Å². The van der Waals surface area contributed by atoms with Gasteiger partial charge in [-0.05, 0) is 24.1 Å². The monoisotopic (exact) mass is 248 g/mol. The quantitative estimate of drug-likeness (QED) is 0.534. The third-order valence-corrected chi connectivity index (χ3v) is 2.10. The summed E-state index contributed by atoms with van der Waals surface area (Å²) < 4.78 is 0. The van der Waals surface area contributed by atoms with Crippen LogP contribution in [0.2, 0.25) is 0 Å². The number of hydrogen-bond acceptors (Lipinski definition) is 7. The van der Waals surface area contributed by atoms with Crippen LogP contribution in [0.5, 0.6) is 5.75 Å². The number of aryl methyl sites for hydroxylation is 1. The molecule has 8 heteroatoms. The average molecular weight is 249 g/mol. The summed E-state index contributed by atoms with van der Waals surface area (Å²) >= 11 is 5.47. The summed E-state index contributed by atoms with van der Waals surface area (Å²) in [6.07, 6.45) is 0.309. The van der Waals surface area contributed by atoms with Gasteiger partial charge in [-0.3, -0.25) is 15.6 Å². The highest BCUT2D eigenvalue weighted by atomic mass is 35.5. The molecular formula is C8H9ClN2O5-2. The van der Waals surface area contributed by atoms with Crippen LogP contribution in [0.25, 0.3) is 0 Å². The van der Waals surface area contributed by atoms with E-state index in [1.54, 1.807) is 0 Å². The van der Waals surface area contributed by atoms with Gasteiger partial charge in [0.05, 0.1) is 5.69 Å². The van der Waals surface area contributed by atoms with Gasteiger partial charge in [0.25, 0.3) is 0 Å². The third-order valence-electron chi connectivity index (χ3n) is 1.91. The van der Waals surface area contributed by atoms with Gasteiger partial charge in [-0.15, -0.1) is 16.8 Å². The van der Waals surface area contributed by atoms with Crippen molar-refractivity contribution in [1.29, 1.82) is 0 Å². The first kappa shape index (κ1) is 12.8. The first-order valence-corrected chi connectivity index (χ1v) is 4.74. The molecule has 90 valence electrons. The van der Waals surface area contributed by atoms with Gasteiger partial charge in [0, 0.05) is 11.6 Å². The van der Waals surface area contributed by atoms with Gasteiger partial charge in [0.15, 0.2) is 0 Å². The molecule has 1 aromatic carbocycles. The van der Waals surface area contributed by atoms with Gasteiger partial charge >= 0.3 is 0 Å². The SMILES string of the molecule is [O-]c1c(N([O-])O)cc(CCCl)cc1N(O)O. The molecule has 0 bridgehead atoms. The minimum absolute atomic E-state index is 0.220. The fourth-order valence-corrected chi connectivity index (χ4v) is 1.42. The number of benzene rings is 1. The lowest BCUT2D eigenvalue weighted by Gasteiger charge is -2.30. The van der Waals surface area contributed by atoms with Crippen molar-refractivity contribution in [1.82, 2.24) is 0 Å². The van der Waals surface area contributed by atoms with Crippen molar-refractivity contribution in [2.75, 3.05) is 16.3 Å². The number of hydrogen-bond donors (Lipinski definition) is 3. The molecule has 0 unspecified atom stereocenters. The van der Waals surface area contributed by atoms with Crippen molar-refractivity contribution < 1.29 is 20.7 Å². The molecule has 0 amide bonds. The minimum atomic E-state index is -0.999. The van der Waals surface area contributed by atoms with Crippen molar-refractivity contribution in [2.45, 2.75) is 6.42 Å². The van der Waals surface area contributed by atoms with Crippen LogP contribution in [0.4, 0.5) is 11.4 Å². The maximum absolute atomic E-state index is 11.4. The van der Waals surface area contributed by atoms with E-state index < -0.39 is 27.6 Å². The first-order chi connectivity index (χ1) is 7.47. The average Bonchev–Trinajstić information content (AvgIpc) is 2.19. The zero-order valence-electron chi connectivity index (χ0n) is 8.00. The fourth-order valence-electron chi connectivity index (χ4n) is 1.20. The molecule has 0 aliphatic rings. The summed E-state index contributed by atoms with van der Waals surface area (Å²) in [7, 11) is 0. The van der Waals surface area contributed by atoms with E-state index >= 15 is 0 Å². The van der Waals surface area contributed by atoms with E-state index in [1.165, 1.54) is 0 Å². The molecule has 0 radical (unpaired) electrons. The molecule has 7 nitrogen and oxygen atoms in total. The zero-order valence-corrected chi connectivity index (χ0v) is 8.76. The van der Waals surface area contributed by atoms with Gasteiger partial charge in [-0.1, -0.05) is 5.75 Å². The Kier molecular flexibility index (Phi) is 4.16. The predicted octanol–water partition coefficient (Wildman–Crippen LogP) is 0.820. The molecule has 0 aromatic heterocycles. The van der Waals surface area contributed by atoms with Crippen LogP contribution in [0.3, 0.4) is 0 Å². The highest BCUT2D eigenvalue weighted by Gasteiger charge is 2.08. The molecule has 0 saturated carbocycles. The summed E-state index contributed by atoms with van der Waals surface area (Å²) in [5, 5.41) is 47.2. The van der Waals surface area contributed by atoms with Crippen LogP contribution in [-0.2, 0) is 6.42 Å². The zero-order chi connectivity index (χ0) is 12.3. The van der Waals surface area contributed by atoms with Crippen molar-refractivity contribution in [2.24, 2.45) is 0 Å². The Balaban J connectivity index is 3.27. The topological polar surface area (TPSA) is 113 Å². The summed E-state index contributed by atoms with van der Waals surface area (Å²) in [6, 6.07) is 2.29. The highest BCUT2D eigenvalue weighted by molar-refractivity contribution is 6.18. The minimum Gasteiger partial charge on any atom is -0.870 e. The number of rotatable bonds is 4. The van der Waals surface area contributed by atoms with E-state index in [9.17, 15) is 10.3 Å². The summed E-state index contributed by atoms with van der Waals surface area (Å²) in [4.78, 5) is 0. The number of alkyl halides is 1. The molecule has 0 atom stereocenters. The van der Waals surface area contributed by atoms with E-state index in [1.807, 2.05) is 0 Å². The molecule has 3 N–H and O–H groups in total. The Morgan fingerprint density at radius 1 is 1.19 bits per heavy atom. The molecule has 1 aromatic rings. The Bertz CT molecular complexity index is 342. The number of anilines is 2. The summed E-state index contributed by atoms with van der Waals surface area (Å²) in [6.45, 7) is 0. The predicted molar refractivity (Wildman–Crippen MR) is 54.0 cm³/mol. The lowest BCUT2D eigenvalue weighted by molar-refractivity contribution is -0.267. The Labute approximate surface area is 95.8 Å². The van der Waals surface area contributed by atoms with Crippen molar-refractivity contribution >= 4 is 23.0 Å². The molecular weight excluding hydrogens is 240 g/mol. The second-order valence-electron chi connectivity index (χ2n) is 2.96. The Morgan fingerprint density at radius 3 is 2.19 bits per heavy atom. The van der Waals surface area contributed by atoms with E-state index in [-0.39, 0.29) is 5.88 Å². The maximum Gasteiger partial charge on any atom is 0.0888 e. The van der Waals surface area contributed by atoms with E-state index in [0.717, 1.165) is 12.1 Å². The van der Waals surface area contributed by atoms with Crippen molar-refractivity contribution in [3.8, 4) is 5.75 Å². The number of nitrogens with zero attached hydrogens (tertiary/aromatic N) is 2. The normalized spacial score (nSPS) is 10.3. The lowest BCUT2D eigenvalue weighted by atomic mass is 10.1. The van der Waals surface area contributed by atoms with Gasteiger partial charge in [-0.2, -0.15) is 0 Å². The van der Waals surface area contributed by atoms with Crippen molar-refractivity contribution in [3.63, 3.8) is 0 Å². The Hall–Kier alpha value is -1.25. The van der Waals surface area contributed by atoms with Crippen LogP contribution >= 0.6 is 11.6 Å². The molecule has 0 aliphatic heterocycles. The van der Waals surface area contributed by atoms with E-state index in [0.29, 0.717) is 12.0 Å². The van der Waals surface area contributed by atoms with Crippen molar-refractivity contribution in [3.05, 3.63) is 22.9 Å². The molecule has 16 heavy (non-hydrogen) atoms. The fraction of sp³-hybridized carbons (Fsp3) is 0.250. The van der Waals surface area contributed by atoms with Gasteiger partial charge in [0.2, 0.25) is 0 Å². The van der Waals surface area contributed by atoms with Crippen LogP contribution in [-0.4, -0.2) is 21.5 Å². The van der Waals surface area contributed by atoms with Crippen LogP contribution in [0, 0.1) is 5.21 Å². The van der Waals surface area contributed by atoms with E-state index in [4.69, 9.17) is 27.2 Å².